The number of halogens is 1. The van der Waals surface area contributed by atoms with Crippen molar-refractivity contribution >= 4 is 33.1 Å². The Labute approximate surface area is 108 Å². The third-order valence-corrected chi connectivity index (χ3v) is 4.01. The third kappa shape index (κ3) is 2.83. The van der Waals surface area contributed by atoms with Crippen molar-refractivity contribution in [3.05, 3.63) is 44.2 Å². The van der Waals surface area contributed by atoms with Crippen LogP contribution in [-0.2, 0) is 6.54 Å². The molecule has 84 valence electrons. The highest BCUT2D eigenvalue weighted by Crippen LogP contribution is 2.21. The lowest BCUT2D eigenvalue weighted by atomic mass is 10.3. The highest BCUT2D eigenvalue weighted by Gasteiger charge is 2.01. The number of nitrogens with zero attached hydrogens (tertiary/aromatic N) is 1. The van der Waals surface area contributed by atoms with E-state index < -0.39 is 0 Å². The van der Waals surface area contributed by atoms with Gasteiger partial charge >= 0.3 is 0 Å². The molecule has 2 heterocycles. The molecule has 0 aromatic carbocycles. The number of pyridine rings is 1. The summed E-state index contributed by atoms with van der Waals surface area (Å²) in [5, 5.41) is 3.31. The minimum atomic E-state index is 0.841. The lowest BCUT2D eigenvalue weighted by Crippen LogP contribution is -1.98. The molecule has 1 N–H and O–H groups in total. The van der Waals surface area contributed by atoms with Gasteiger partial charge in [-0.05, 0) is 53.5 Å². The van der Waals surface area contributed by atoms with Crippen LogP contribution in [-0.4, -0.2) is 4.98 Å². The first-order valence-electron chi connectivity index (χ1n) is 5.06. The largest absolute Gasteiger partial charge is 0.365 e. The standard InChI is InChI=1S/C12H13BrN2S/c1-8-5-11(16-9(8)2)7-15-12-4-3-10(13)6-14-12/h3-6H,7H2,1-2H3,(H,14,15). The number of anilines is 1. The van der Waals surface area contributed by atoms with Crippen LogP contribution in [0.1, 0.15) is 15.3 Å². The van der Waals surface area contributed by atoms with Crippen LogP contribution in [0.5, 0.6) is 0 Å². The summed E-state index contributed by atoms with van der Waals surface area (Å²) >= 11 is 5.20. The molecule has 2 rings (SSSR count). The Morgan fingerprint density at radius 1 is 1.38 bits per heavy atom. The van der Waals surface area contributed by atoms with E-state index in [1.807, 2.05) is 23.5 Å². The van der Waals surface area contributed by atoms with Gasteiger partial charge in [0.1, 0.15) is 5.82 Å². The Balaban J connectivity index is 1.99. The van der Waals surface area contributed by atoms with Crippen molar-refractivity contribution in [3.63, 3.8) is 0 Å². The summed E-state index contributed by atoms with van der Waals surface area (Å²) in [5.41, 5.74) is 1.37. The number of aryl methyl sites for hydroxylation is 2. The van der Waals surface area contributed by atoms with E-state index in [1.165, 1.54) is 15.3 Å². The molecule has 0 fully saturated rings. The van der Waals surface area contributed by atoms with Crippen LogP contribution in [0, 0.1) is 13.8 Å². The lowest BCUT2D eigenvalue weighted by molar-refractivity contribution is 1.14. The molecule has 0 saturated heterocycles. The fraction of sp³-hybridized carbons (Fsp3) is 0.250. The van der Waals surface area contributed by atoms with Gasteiger partial charge in [0.2, 0.25) is 0 Å². The zero-order valence-electron chi connectivity index (χ0n) is 9.25. The first-order valence-corrected chi connectivity index (χ1v) is 6.67. The molecule has 0 atom stereocenters. The molecule has 2 aromatic rings. The van der Waals surface area contributed by atoms with Crippen molar-refractivity contribution in [2.75, 3.05) is 5.32 Å². The number of thiophene rings is 1. The number of aromatic nitrogens is 1. The number of nitrogens with one attached hydrogen (secondary N) is 1. The summed E-state index contributed by atoms with van der Waals surface area (Å²) in [6.45, 7) is 5.14. The van der Waals surface area contributed by atoms with E-state index in [9.17, 15) is 0 Å². The van der Waals surface area contributed by atoms with Gasteiger partial charge in [0, 0.05) is 20.4 Å². The van der Waals surface area contributed by atoms with Crippen LogP contribution < -0.4 is 5.32 Å². The summed E-state index contributed by atoms with van der Waals surface area (Å²) in [7, 11) is 0. The van der Waals surface area contributed by atoms with Crippen molar-refractivity contribution < 1.29 is 0 Å². The SMILES string of the molecule is Cc1cc(CNc2ccc(Br)cn2)sc1C. The van der Waals surface area contributed by atoms with E-state index in [2.05, 4.69) is 46.1 Å². The van der Waals surface area contributed by atoms with E-state index in [0.29, 0.717) is 0 Å². The summed E-state index contributed by atoms with van der Waals surface area (Å²) in [6, 6.07) is 6.18. The van der Waals surface area contributed by atoms with E-state index in [1.54, 1.807) is 6.20 Å². The number of rotatable bonds is 3. The quantitative estimate of drug-likeness (QED) is 0.921. The van der Waals surface area contributed by atoms with Gasteiger partial charge in [-0.2, -0.15) is 0 Å². The molecule has 0 amide bonds. The van der Waals surface area contributed by atoms with Crippen molar-refractivity contribution in [1.82, 2.24) is 4.98 Å². The summed E-state index contributed by atoms with van der Waals surface area (Å²) in [4.78, 5) is 7.01. The topological polar surface area (TPSA) is 24.9 Å². The summed E-state index contributed by atoms with van der Waals surface area (Å²) < 4.78 is 1.00. The molecule has 2 aromatic heterocycles. The Morgan fingerprint density at radius 3 is 2.75 bits per heavy atom. The van der Waals surface area contributed by atoms with Gasteiger partial charge in [-0.25, -0.2) is 4.98 Å². The second-order valence-corrected chi connectivity index (χ2v) is 5.92. The van der Waals surface area contributed by atoms with Crippen molar-refractivity contribution in [2.45, 2.75) is 20.4 Å². The fourth-order valence-corrected chi connectivity index (χ4v) is 2.62. The monoisotopic (exact) mass is 296 g/mol. The predicted molar refractivity (Wildman–Crippen MR) is 73.1 cm³/mol. The zero-order valence-corrected chi connectivity index (χ0v) is 11.7. The Bertz CT molecular complexity index is 457. The van der Waals surface area contributed by atoms with E-state index in [-0.39, 0.29) is 0 Å². The molecule has 16 heavy (non-hydrogen) atoms. The van der Waals surface area contributed by atoms with Crippen LogP contribution >= 0.6 is 27.3 Å². The van der Waals surface area contributed by atoms with E-state index in [0.717, 1.165) is 16.8 Å². The lowest BCUT2D eigenvalue weighted by Gasteiger charge is -2.03. The molecule has 0 unspecified atom stereocenters. The molecule has 0 aliphatic carbocycles. The van der Waals surface area contributed by atoms with Crippen molar-refractivity contribution in [1.29, 1.82) is 0 Å². The summed E-state index contributed by atoms with van der Waals surface area (Å²) in [6.07, 6.45) is 1.80. The van der Waals surface area contributed by atoms with Crippen molar-refractivity contribution in [3.8, 4) is 0 Å². The minimum absolute atomic E-state index is 0.841. The van der Waals surface area contributed by atoms with Crippen molar-refractivity contribution in [2.24, 2.45) is 0 Å². The highest BCUT2D eigenvalue weighted by atomic mass is 79.9. The second-order valence-electron chi connectivity index (χ2n) is 3.67. The van der Waals surface area contributed by atoms with Crippen LogP contribution in [0.4, 0.5) is 5.82 Å². The molecule has 4 heteroatoms. The maximum atomic E-state index is 4.27. The molecular weight excluding hydrogens is 284 g/mol. The van der Waals surface area contributed by atoms with Gasteiger partial charge in [-0.3, -0.25) is 0 Å². The van der Waals surface area contributed by atoms with Crippen LogP contribution in [0.25, 0.3) is 0 Å². The minimum Gasteiger partial charge on any atom is -0.365 e. The molecule has 0 aliphatic rings. The van der Waals surface area contributed by atoms with E-state index in [4.69, 9.17) is 0 Å². The summed E-state index contributed by atoms with van der Waals surface area (Å²) in [5.74, 6) is 0.909. The Hall–Kier alpha value is -0.870. The number of hydrogen-bond acceptors (Lipinski definition) is 3. The Kier molecular flexibility index (Phi) is 3.61. The highest BCUT2D eigenvalue weighted by molar-refractivity contribution is 9.10. The van der Waals surface area contributed by atoms with Gasteiger partial charge in [0.15, 0.2) is 0 Å². The number of hydrogen-bond donors (Lipinski definition) is 1. The molecular formula is C12H13BrN2S. The fourth-order valence-electron chi connectivity index (χ4n) is 1.39. The van der Waals surface area contributed by atoms with Gasteiger partial charge in [0.05, 0.1) is 6.54 Å². The normalized spacial score (nSPS) is 10.4. The van der Waals surface area contributed by atoms with Gasteiger partial charge < -0.3 is 5.32 Å². The van der Waals surface area contributed by atoms with Crippen LogP contribution in [0.2, 0.25) is 0 Å². The van der Waals surface area contributed by atoms with Gasteiger partial charge in [-0.15, -0.1) is 11.3 Å². The Morgan fingerprint density at radius 2 is 2.19 bits per heavy atom. The second kappa shape index (κ2) is 4.97. The average molecular weight is 297 g/mol. The maximum Gasteiger partial charge on any atom is 0.126 e. The van der Waals surface area contributed by atoms with E-state index >= 15 is 0 Å². The predicted octanol–water partition coefficient (Wildman–Crippen LogP) is 4.13. The molecule has 2 nitrogen and oxygen atoms in total. The molecule has 0 bridgehead atoms. The zero-order chi connectivity index (χ0) is 11.5. The maximum absolute atomic E-state index is 4.27. The first-order chi connectivity index (χ1) is 7.65. The van der Waals surface area contributed by atoms with Gasteiger partial charge in [-0.1, -0.05) is 0 Å². The molecule has 0 radical (unpaired) electrons. The van der Waals surface area contributed by atoms with Crippen LogP contribution in [0.15, 0.2) is 28.9 Å². The smallest absolute Gasteiger partial charge is 0.126 e. The average Bonchev–Trinajstić information content (AvgIpc) is 2.58. The van der Waals surface area contributed by atoms with Gasteiger partial charge in [0.25, 0.3) is 0 Å². The van der Waals surface area contributed by atoms with Crippen LogP contribution in [0.3, 0.4) is 0 Å². The molecule has 0 aliphatic heterocycles. The molecule has 0 saturated carbocycles. The third-order valence-electron chi connectivity index (χ3n) is 2.39. The molecule has 0 spiro atoms. The first kappa shape index (κ1) is 11.6.